The summed E-state index contributed by atoms with van der Waals surface area (Å²) < 4.78 is 28.3. The highest BCUT2D eigenvalue weighted by molar-refractivity contribution is 6.87. The van der Waals surface area contributed by atoms with Gasteiger partial charge in [-0.15, -0.1) is 0 Å². The van der Waals surface area contributed by atoms with Crippen molar-refractivity contribution in [1.29, 1.82) is 0 Å². The molecule has 5 aromatic rings. The Morgan fingerprint density at radius 1 is 0.852 bits per heavy atom. The van der Waals surface area contributed by atoms with Gasteiger partial charge in [0.15, 0.2) is 16.8 Å². The zero-order valence-electron chi connectivity index (χ0n) is 37.2. The van der Waals surface area contributed by atoms with Crippen LogP contribution in [0.1, 0.15) is 72.1 Å². The molecule has 2 unspecified atom stereocenters. The summed E-state index contributed by atoms with van der Waals surface area (Å²) in [6, 6.07) is 26.7. The van der Waals surface area contributed by atoms with Crippen molar-refractivity contribution in [3.63, 3.8) is 0 Å². The molecule has 7 rings (SSSR count). The molecule has 2 aliphatic heterocycles. The fourth-order valence-electron chi connectivity index (χ4n) is 11.4. The molecule has 0 saturated carbocycles. The number of nitrogens with two attached hydrogens (primary N) is 1. The van der Waals surface area contributed by atoms with Gasteiger partial charge in [0.2, 0.25) is 0 Å². The predicted molar refractivity (Wildman–Crippen MR) is 239 cm³/mol. The number of morpholine rings is 1. The second-order valence-electron chi connectivity index (χ2n) is 19.1. The second kappa shape index (κ2) is 16.7. The highest BCUT2D eigenvalue weighted by Crippen LogP contribution is 2.65. The van der Waals surface area contributed by atoms with E-state index < -0.39 is 59.6 Å². The topological polar surface area (TPSA) is 170 Å². The highest BCUT2D eigenvalue weighted by Gasteiger charge is 2.75. The van der Waals surface area contributed by atoms with E-state index in [0.29, 0.717) is 35.3 Å². The lowest BCUT2D eigenvalue weighted by Crippen LogP contribution is -2.73. The first-order chi connectivity index (χ1) is 28.9. The highest BCUT2D eigenvalue weighted by atomic mass is 28.3. The van der Waals surface area contributed by atoms with Crippen LogP contribution < -0.4 is 15.2 Å². The SMILES string of the molecule is COc1ccccc1C(c1ccccc1)(c1ccccc1OC)C1CN(C(O)[C@H]2O[C@](n3cnc4c(N)ncnc43)([Si](CC(C)C)(C(C)(C)C)C(C)(C)C)[C@H](O)[C@@H]2O)CCO1. The lowest BCUT2D eigenvalue weighted by Gasteiger charge is -2.62. The molecular formula is C47H64N6O7Si. The average molecular weight is 853 g/mol. The minimum atomic E-state index is -3.25. The molecule has 0 radical (unpaired) electrons. The summed E-state index contributed by atoms with van der Waals surface area (Å²) >= 11 is 0. The van der Waals surface area contributed by atoms with E-state index in [0.717, 1.165) is 16.7 Å². The van der Waals surface area contributed by atoms with Crippen LogP contribution in [0.25, 0.3) is 11.2 Å². The molecule has 2 aromatic heterocycles. The second-order valence-corrected chi connectivity index (χ2v) is 25.0. The molecule has 0 spiro atoms. The maximum Gasteiger partial charge on any atom is 0.167 e. The van der Waals surface area contributed by atoms with Gasteiger partial charge in [-0.25, -0.2) is 15.0 Å². The largest absolute Gasteiger partial charge is 0.496 e. The number of aliphatic hydroxyl groups excluding tert-OH is 3. The molecule has 0 bridgehead atoms. The van der Waals surface area contributed by atoms with Crippen LogP contribution in [0.5, 0.6) is 11.5 Å². The van der Waals surface area contributed by atoms with E-state index in [1.54, 1.807) is 25.1 Å². The maximum atomic E-state index is 13.0. The summed E-state index contributed by atoms with van der Waals surface area (Å²) in [5.74, 6) is 1.70. The summed E-state index contributed by atoms with van der Waals surface area (Å²) in [5.41, 5.74) is 8.75. The number of hydrogen-bond acceptors (Lipinski definition) is 12. The first-order valence-electron chi connectivity index (χ1n) is 21.3. The number of benzene rings is 3. The number of rotatable bonds is 12. The normalized spacial score (nSPS) is 23.7. The summed E-state index contributed by atoms with van der Waals surface area (Å²) in [5, 5.41) is 36.0. The molecule has 2 fully saturated rings. The van der Waals surface area contributed by atoms with Gasteiger partial charge in [0.25, 0.3) is 0 Å². The number of anilines is 1. The lowest BCUT2D eigenvalue weighted by atomic mass is 9.64. The van der Waals surface area contributed by atoms with Crippen LogP contribution in [0.3, 0.4) is 0 Å². The van der Waals surface area contributed by atoms with E-state index in [2.05, 4.69) is 94.6 Å². The Kier molecular flexibility index (Phi) is 12.2. The van der Waals surface area contributed by atoms with Crippen molar-refractivity contribution < 1.29 is 34.3 Å². The number of aromatic nitrogens is 4. The van der Waals surface area contributed by atoms with Gasteiger partial charge < -0.3 is 40.0 Å². The third-order valence-corrected chi connectivity index (χ3v) is 22.0. The fraction of sp³-hybridized carbons (Fsp3) is 0.511. The Bertz CT molecular complexity index is 2230. The summed E-state index contributed by atoms with van der Waals surface area (Å²) in [4.78, 5) is 15.5. The molecule has 61 heavy (non-hydrogen) atoms. The number of methoxy groups -OCH3 is 2. The quantitative estimate of drug-likeness (QED) is 0.0796. The first kappa shape index (κ1) is 44.6. The molecule has 0 amide bonds. The van der Waals surface area contributed by atoms with Crippen LogP contribution in [-0.4, -0.2) is 112 Å². The molecule has 6 atom stereocenters. The predicted octanol–water partition coefficient (Wildman–Crippen LogP) is 6.50. The minimum Gasteiger partial charge on any atom is -0.496 e. The molecular weight excluding hydrogens is 789 g/mol. The molecule has 4 heterocycles. The van der Waals surface area contributed by atoms with Crippen LogP contribution in [0.15, 0.2) is 91.5 Å². The average Bonchev–Trinajstić information content (AvgIpc) is 3.79. The number of hydrogen-bond donors (Lipinski definition) is 4. The molecule has 14 heteroatoms. The van der Waals surface area contributed by atoms with Crippen LogP contribution >= 0.6 is 0 Å². The minimum absolute atomic E-state index is 0.185. The zero-order chi connectivity index (χ0) is 44.1. The van der Waals surface area contributed by atoms with E-state index in [1.165, 1.54) is 6.33 Å². The van der Waals surface area contributed by atoms with Crippen molar-refractivity contribution in [2.75, 3.05) is 39.6 Å². The van der Waals surface area contributed by atoms with Gasteiger partial charge in [-0.05, 0) is 39.7 Å². The molecule has 5 N–H and O–H groups in total. The first-order valence-corrected chi connectivity index (χ1v) is 23.5. The Morgan fingerprint density at radius 3 is 1.98 bits per heavy atom. The summed E-state index contributed by atoms with van der Waals surface area (Å²) in [6.07, 6.45) is -3.30. The Morgan fingerprint density at radius 2 is 1.43 bits per heavy atom. The van der Waals surface area contributed by atoms with Crippen LogP contribution in [-0.2, 0) is 20.2 Å². The van der Waals surface area contributed by atoms with E-state index in [-0.39, 0.29) is 24.9 Å². The van der Waals surface area contributed by atoms with Gasteiger partial charge in [-0.1, -0.05) is 122 Å². The monoisotopic (exact) mass is 852 g/mol. The van der Waals surface area contributed by atoms with Crippen LogP contribution in [0.2, 0.25) is 16.1 Å². The fourth-order valence-corrected chi connectivity index (χ4v) is 20.2. The Balaban J connectivity index is 1.41. The van der Waals surface area contributed by atoms with Gasteiger partial charge in [-0.3, -0.25) is 9.47 Å². The van der Waals surface area contributed by atoms with Crippen LogP contribution in [0.4, 0.5) is 5.82 Å². The van der Waals surface area contributed by atoms with Gasteiger partial charge in [0.05, 0.1) is 38.7 Å². The summed E-state index contributed by atoms with van der Waals surface area (Å²) in [7, 11) is 0.0691. The van der Waals surface area contributed by atoms with Gasteiger partial charge in [0.1, 0.15) is 56.0 Å². The van der Waals surface area contributed by atoms with Gasteiger partial charge in [0, 0.05) is 24.2 Å². The Hall–Kier alpha value is -4.41. The number of fused-ring (bicyclic) bond motifs is 1. The molecule has 2 saturated heterocycles. The molecule has 2 aliphatic rings. The maximum absolute atomic E-state index is 13.0. The van der Waals surface area contributed by atoms with Crippen molar-refractivity contribution in [3.8, 4) is 11.5 Å². The molecule has 3 aromatic carbocycles. The molecule has 13 nitrogen and oxygen atoms in total. The number of nitrogens with zero attached hydrogens (tertiary/aromatic N) is 5. The van der Waals surface area contributed by atoms with E-state index in [1.807, 2.05) is 59.5 Å². The number of imidazole rings is 1. The molecule has 328 valence electrons. The van der Waals surface area contributed by atoms with E-state index in [9.17, 15) is 15.3 Å². The number of aliphatic hydroxyl groups is 3. The summed E-state index contributed by atoms with van der Waals surface area (Å²) in [6.45, 7) is 18.3. The Labute approximate surface area is 360 Å². The number of ether oxygens (including phenoxy) is 4. The zero-order valence-corrected chi connectivity index (χ0v) is 38.2. The number of para-hydroxylation sites is 2. The number of nitrogen functional groups attached to an aromatic ring is 1. The van der Waals surface area contributed by atoms with E-state index in [4.69, 9.17) is 24.7 Å². The van der Waals surface area contributed by atoms with Crippen molar-refractivity contribution in [1.82, 2.24) is 24.4 Å². The van der Waals surface area contributed by atoms with E-state index >= 15 is 0 Å². The third kappa shape index (κ3) is 6.95. The smallest absolute Gasteiger partial charge is 0.167 e. The standard InChI is InChI=1S/C47H64N6O7Si/c1-30(2)27-61(44(3,4)5,45(6,7)8)47(53-29-51-37-41(48)49-28-50-42(37)53)40(55)38(54)39(60-47)43(56)52-24-25-59-36(26-52)46(31-18-12-11-13-19-31,32-20-14-16-22-34(32)57-9)33-21-15-17-23-35(33)58-10/h11-23,28-30,36,38-40,43,54-56H,24-27H2,1-10H3,(H2,48,49,50)/t36?,38-,39+,40-,43?,47+/m1/s1. The lowest BCUT2D eigenvalue weighted by molar-refractivity contribution is -0.181. The van der Waals surface area contributed by atoms with Crippen molar-refractivity contribution >= 4 is 25.1 Å². The van der Waals surface area contributed by atoms with Crippen molar-refractivity contribution in [2.45, 2.75) is 113 Å². The van der Waals surface area contributed by atoms with Crippen molar-refractivity contribution in [2.24, 2.45) is 5.92 Å². The van der Waals surface area contributed by atoms with Crippen LogP contribution in [0, 0.1) is 5.92 Å². The van der Waals surface area contributed by atoms with Crippen molar-refractivity contribution in [3.05, 3.63) is 108 Å². The van der Waals surface area contributed by atoms with Gasteiger partial charge in [-0.2, -0.15) is 0 Å². The van der Waals surface area contributed by atoms with Gasteiger partial charge >= 0.3 is 0 Å². The molecule has 0 aliphatic carbocycles. The third-order valence-electron chi connectivity index (χ3n) is 13.5.